The number of nitrogens with zero attached hydrogens (tertiary/aromatic N) is 2. The third-order valence-electron chi connectivity index (χ3n) is 8.05. The SMILES string of the molecule is CS(=O)(=O)N(CC(=O)N(Cc1ccccc1F)C(Cc1ccccc1)C(=O)NC1CCCC1)c1ccc(Oc2ccccc2)cc1. The second-order valence-corrected chi connectivity index (χ2v) is 13.4. The molecule has 1 unspecified atom stereocenters. The molecule has 0 bridgehead atoms. The Kier molecular flexibility index (Phi) is 10.7. The van der Waals surface area contributed by atoms with E-state index in [1.807, 2.05) is 48.5 Å². The Morgan fingerprint density at radius 3 is 2.07 bits per heavy atom. The summed E-state index contributed by atoms with van der Waals surface area (Å²) in [4.78, 5) is 29.5. The maximum absolute atomic E-state index is 15.0. The first-order valence-electron chi connectivity index (χ1n) is 15.4. The van der Waals surface area contributed by atoms with Crippen LogP contribution < -0.4 is 14.4 Å². The summed E-state index contributed by atoms with van der Waals surface area (Å²) < 4.78 is 48.0. The lowest BCUT2D eigenvalue weighted by atomic mass is 10.0. The van der Waals surface area contributed by atoms with E-state index in [0.717, 1.165) is 41.8 Å². The van der Waals surface area contributed by atoms with Gasteiger partial charge in [-0.15, -0.1) is 0 Å². The van der Waals surface area contributed by atoms with Crippen molar-refractivity contribution < 1.29 is 27.1 Å². The lowest BCUT2D eigenvalue weighted by Crippen LogP contribution is -2.54. The summed E-state index contributed by atoms with van der Waals surface area (Å²) in [5.41, 5.74) is 1.28. The maximum atomic E-state index is 15.0. The molecule has 1 fully saturated rings. The first kappa shape index (κ1) is 32.7. The summed E-state index contributed by atoms with van der Waals surface area (Å²) in [6, 6.07) is 29.8. The highest BCUT2D eigenvalue weighted by atomic mass is 32.2. The summed E-state index contributed by atoms with van der Waals surface area (Å²) in [5, 5.41) is 3.10. The van der Waals surface area contributed by atoms with Crippen molar-refractivity contribution in [2.45, 2.75) is 50.7 Å². The van der Waals surface area contributed by atoms with E-state index in [-0.39, 0.29) is 36.2 Å². The number of para-hydroxylation sites is 1. The van der Waals surface area contributed by atoms with Crippen LogP contribution >= 0.6 is 0 Å². The van der Waals surface area contributed by atoms with Crippen molar-refractivity contribution in [2.24, 2.45) is 0 Å². The van der Waals surface area contributed by atoms with E-state index in [1.165, 1.54) is 11.0 Å². The molecule has 1 saturated carbocycles. The zero-order chi connectivity index (χ0) is 32.5. The van der Waals surface area contributed by atoms with Crippen LogP contribution in [0.15, 0.2) is 109 Å². The van der Waals surface area contributed by atoms with Crippen molar-refractivity contribution >= 4 is 27.5 Å². The first-order valence-corrected chi connectivity index (χ1v) is 17.2. The number of benzene rings is 4. The number of carbonyl (C=O) groups excluding carboxylic acids is 2. The minimum atomic E-state index is -3.95. The van der Waals surface area contributed by atoms with Gasteiger partial charge in [-0.2, -0.15) is 0 Å². The molecular weight excluding hydrogens is 605 g/mol. The number of rotatable bonds is 13. The molecule has 0 aromatic heterocycles. The molecule has 46 heavy (non-hydrogen) atoms. The van der Waals surface area contributed by atoms with Crippen LogP contribution in [0.25, 0.3) is 0 Å². The predicted octanol–water partition coefficient (Wildman–Crippen LogP) is 6.08. The topological polar surface area (TPSA) is 96.0 Å². The van der Waals surface area contributed by atoms with Crippen LogP contribution in [0.4, 0.5) is 10.1 Å². The molecule has 2 amide bonds. The standard InChI is InChI=1S/C36H38FN3O5S/c1-46(43,44)40(30-20-22-32(23-21-30)45-31-17-6-3-7-18-31)26-35(41)39(25-28-14-8-11-19-33(28)37)34(24-27-12-4-2-5-13-27)36(42)38-29-15-9-10-16-29/h2-8,11-14,17-23,29,34H,9-10,15-16,24-26H2,1H3,(H,38,42). The normalized spacial score (nSPS) is 14.0. The van der Waals surface area contributed by atoms with Gasteiger partial charge in [0.25, 0.3) is 0 Å². The largest absolute Gasteiger partial charge is 0.457 e. The minimum absolute atomic E-state index is 0.0136. The van der Waals surface area contributed by atoms with Crippen molar-refractivity contribution in [3.05, 3.63) is 126 Å². The number of hydrogen-bond donors (Lipinski definition) is 1. The van der Waals surface area contributed by atoms with E-state index >= 15 is 0 Å². The summed E-state index contributed by atoms with van der Waals surface area (Å²) in [7, 11) is -3.95. The van der Waals surface area contributed by atoms with Crippen molar-refractivity contribution in [2.75, 3.05) is 17.1 Å². The Hall–Kier alpha value is -4.70. The number of amides is 2. The number of anilines is 1. The zero-order valence-corrected chi connectivity index (χ0v) is 26.5. The number of halogens is 1. The second kappa shape index (κ2) is 15.1. The van der Waals surface area contributed by atoms with Gasteiger partial charge in [-0.25, -0.2) is 12.8 Å². The average molecular weight is 644 g/mol. The van der Waals surface area contributed by atoms with E-state index in [2.05, 4.69) is 5.32 Å². The fourth-order valence-corrected chi connectivity index (χ4v) is 6.50. The van der Waals surface area contributed by atoms with Crippen molar-refractivity contribution in [3.63, 3.8) is 0 Å². The highest BCUT2D eigenvalue weighted by molar-refractivity contribution is 7.92. The maximum Gasteiger partial charge on any atom is 0.244 e. The van der Waals surface area contributed by atoms with E-state index < -0.39 is 34.3 Å². The van der Waals surface area contributed by atoms with Gasteiger partial charge in [-0.1, -0.05) is 79.6 Å². The van der Waals surface area contributed by atoms with Crippen LogP contribution in [-0.2, 0) is 32.6 Å². The minimum Gasteiger partial charge on any atom is -0.457 e. The van der Waals surface area contributed by atoms with Gasteiger partial charge in [0, 0.05) is 24.6 Å². The van der Waals surface area contributed by atoms with E-state index in [4.69, 9.17) is 4.74 Å². The molecule has 0 aliphatic heterocycles. The Labute approximate surface area is 269 Å². The molecule has 4 aromatic carbocycles. The number of sulfonamides is 1. The molecule has 1 N–H and O–H groups in total. The highest BCUT2D eigenvalue weighted by Crippen LogP contribution is 2.27. The van der Waals surface area contributed by atoms with Crippen LogP contribution in [0, 0.1) is 5.82 Å². The molecule has 10 heteroatoms. The number of nitrogens with one attached hydrogen (secondary N) is 1. The van der Waals surface area contributed by atoms with Gasteiger partial charge < -0.3 is 15.0 Å². The van der Waals surface area contributed by atoms with Crippen LogP contribution in [0.1, 0.15) is 36.8 Å². The van der Waals surface area contributed by atoms with Crippen molar-refractivity contribution in [1.82, 2.24) is 10.2 Å². The predicted molar refractivity (Wildman–Crippen MR) is 176 cm³/mol. The average Bonchev–Trinajstić information content (AvgIpc) is 3.56. The first-order chi connectivity index (χ1) is 22.2. The second-order valence-electron chi connectivity index (χ2n) is 11.5. The molecule has 1 aliphatic carbocycles. The smallest absolute Gasteiger partial charge is 0.244 e. The van der Waals surface area contributed by atoms with Gasteiger partial charge in [0.1, 0.15) is 29.9 Å². The molecule has 240 valence electrons. The summed E-state index contributed by atoms with van der Waals surface area (Å²) >= 11 is 0. The Morgan fingerprint density at radius 2 is 1.43 bits per heavy atom. The van der Waals surface area contributed by atoms with E-state index in [1.54, 1.807) is 54.6 Å². The Morgan fingerprint density at radius 1 is 0.848 bits per heavy atom. The van der Waals surface area contributed by atoms with Gasteiger partial charge in [-0.05, 0) is 60.9 Å². The van der Waals surface area contributed by atoms with Gasteiger partial charge in [0.2, 0.25) is 21.8 Å². The van der Waals surface area contributed by atoms with Crippen LogP contribution in [0.2, 0.25) is 0 Å². The highest BCUT2D eigenvalue weighted by Gasteiger charge is 2.34. The third kappa shape index (κ3) is 8.72. The molecule has 0 saturated heterocycles. The molecule has 1 atom stereocenters. The van der Waals surface area contributed by atoms with Crippen molar-refractivity contribution in [3.8, 4) is 11.5 Å². The van der Waals surface area contributed by atoms with Gasteiger partial charge in [0.05, 0.1) is 11.9 Å². The van der Waals surface area contributed by atoms with Crippen LogP contribution in [0.5, 0.6) is 11.5 Å². The van der Waals surface area contributed by atoms with E-state index in [0.29, 0.717) is 11.5 Å². The van der Waals surface area contributed by atoms with Gasteiger partial charge >= 0.3 is 0 Å². The summed E-state index contributed by atoms with van der Waals surface area (Å²) in [6.45, 7) is -0.809. The van der Waals surface area contributed by atoms with Crippen LogP contribution in [-0.4, -0.2) is 50.0 Å². The fourth-order valence-electron chi connectivity index (χ4n) is 5.65. The fraction of sp³-hybridized carbons (Fsp3) is 0.278. The summed E-state index contributed by atoms with van der Waals surface area (Å²) in [6.07, 6.45) is 4.89. The lowest BCUT2D eigenvalue weighted by Gasteiger charge is -2.34. The molecule has 1 aliphatic rings. The van der Waals surface area contributed by atoms with Crippen molar-refractivity contribution in [1.29, 1.82) is 0 Å². The Bertz CT molecular complexity index is 1710. The molecule has 0 radical (unpaired) electrons. The molecule has 5 rings (SSSR count). The molecule has 0 spiro atoms. The molecule has 8 nitrogen and oxygen atoms in total. The summed E-state index contributed by atoms with van der Waals surface area (Å²) in [5.74, 6) is -0.407. The quantitative estimate of drug-likeness (QED) is 0.191. The molecular formula is C36H38FN3O5S. The van der Waals surface area contributed by atoms with E-state index in [9.17, 15) is 22.4 Å². The lowest BCUT2D eigenvalue weighted by molar-refractivity contribution is -0.140. The molecule has 4 aromatic rings. The van der Waals surface area contributed by atoms with Gasteiger partial charge in [0.15, 0.2) is 0 Å². The monoisotopic (exact) mass is 643 g/mol. The van der Waals surface area contributed by atoms with Crippen LogP contribution in [0.3, 0.4) is 0 Å². The number of ether oxygens (including phenoxy) is 1. The number of carbonyl (C=O) groups is 2. The molecule has 0 heterocycles. The zero-order valence-electron chi connectivity index (χ0n) is 25.7. The number of hydrogen-bond acceptors (Lipinski definition) is 5. The Balaban J connectivity index is 1.46. The third-order valence-corrected chi connectivity index (χ3v) is 9.19. The van der Waals surface area contributed by atoms with Gasteiger partial charge in [-0.3, -0.25) is 13.9 Å².